The van der Waals surface area contributed by atoms with E-state index in [1.807, 2.05) is 0 Å². The van der Waals surface area contributed by atoms with Crippen molar-refractivity contribution >= 4 is 0 Å². The number of phenols is 3. The highest BCUT2D eigenvalue weighted by atomic mass is 16.3. The summed E-state index contributed by atoms with van der Waals surface area (Å²) in [6.45, 7) is 61.6. The molecule has 69 heavy (non-hydrogen) atoms. The second-order valence-electron chi connectivity index (χ2n) is 27.2. The quantitative estimate of drug-likeness (QED) is 0.0931. The first-order valence-electron chi connectivity index (χ1n) is 26.9. The average Bonchev–Trinajstić information content (AvgIpc) is 3.23. The van der Waals surface area contributed by atoms with E-state index < -0.39 is 0 Å². The van der Waals surface area contributed by atoms with Gasteiger partial charge in [0, 0.05) is 33.4 Å². The Kier molecular flexibility index (Phi) is 16.8. The van der Waals surface area contributed by atoms with Crippen LogP contribution in [0.15, 0.2) is 36.4 Å². The molecular formula is C66H102O3. The molecule has 4 rings (SSSR count). The van der Waals surface area contributed by atoms with Crippen molar-refractivity contribution in [3.05, 3.63) is 120 Å². The maximum atomic E-state index is 12.3. The largest absolute Gasteiger partial charge is 0.507 e. The third-order valence-corrected chi connectivity index (χ3v) is 20.2. The van der Waals surface area contributed by atoms with Crippen LogP contribution < -0.4 is 0 Å². The van der Waals surface area contributed by atoms with Crippen LogP contribution in [0.4, 0.5) is 0 Å². The molecule has 0 radical (unpaired) electrons. The van der Waals surface area contributed by atoms with E-state index in [0.29, 0.717) is 52.8 Å². The molecular weight excluding hydrogens is 841 g/mol. The van der Waals surface area contributed by atoms with Gasteiger partial charge < -0.3 is 15.3 Å². The highest BCUT2D eigenvalue weighted by Gasteiger charge is 2.38. The van der Waals surface area contributed by atoms with Crippen molar-refractivity contribution in [3.8, 4) is 17.2 Å². The summed E-state index contributed by atoms with van der Waals surface area (Å²) in [4.78, 5) is 0. The molecule has 3 N–H and O–H groups in total. The van der Waals surface area contributed by atoms with Crippen molar-refractivity contribution < 1.29 is 15.3 Å². The van der Waals surface area contributed by atoms with Crippen molar-refractivity contribution in [1.29, 1.82) is 0 Å². The molecule has 0 saturated carbocycles. The van der Waals surface area contributed by atoms with E-state index in [1.165, 1.54) is 50.1 Å². The lowest BCUT2D eigenvalue weighted by atomic mass is 9.68. The lowest BCUT2D eigenvalue weighted by molar-refractivity contribution is 0.327. The van der Waals surface area contributed by atoms with E-state index >= 15 is 0 Å². The minimum Gasteiger partial charge on any atom is -0.507 e. The molecule has 0 aliphatic rings. The van der Waals surface area contributed by atoms with Gasteiger partial charge in [-0.3, -0.25) is 0 Å². The summed E-state index contributed by atoms with van der Waals surface area (Å²) in [6.07, 6.45) is 2.21. The molecule has 0 spiro atoms. The van der Waals surface area contributed by atoms with E-state index in [9.17, 15) is 15.3 Å². The predicted octanol–water partition coefficient (Wildman–Crippen LogP) is 18.1. The molecule has 3 nitrogen and oxygen atoms in total. The number of benzene rings is 4. The Labute approximate surface area is 424 Å². The van der Waals surface area contributed by atoms with Crippen LogP contribution >= 0.6 is 0 Å². The summed E-state index contributed by atoms with van der Waals surface area (Å²) in [6, 6.07) is 13.9. The molecule has 4 aromatic rings. The molecule has 0 aliphatic heterocycles. The van der Waals surface area contributed by atoms with Gasteiger partial charge >= 0.3 is 0 Å². The Balaban J connectivity index is 2.22. The van der Waals surface area contributed by atoms with Crippen LogP contribution in [-0.2, 0) is 51.8 Å². The minimum absolute atomic E-state index is 0.251. The molecule has 0 atom stereocenters. The standard InChI is InChI=1S/C66H102O3/c1-37(2)61(16,17)52-31-46(32-53(58(52)67)62(18,19)38(3)4)28-49-43(13)50(29-47-33-54(63(20,21)39(5)6)59(68)55(34-47)64(22,23)40(7)8)45(15)51(44(49)14)30-48-35-56(65(24,25)41(9)10)60(69)57(36-48)66(26,27)42(11)12/h31-42,67-69H,28-30H2,1-27H3. The van der Waals surface area contributed by atoms with E-state index in [2.05, 4.69) is 223 Å². The smallest absolute Gasteiger partial charge is 0.123 e. The zero-order valence-electron chi connectivity index (χ0n) is 49.4. The Hall–Kier alpha value is -3.72. The lowest BCUT2D eigenvalue weighted by Crippen LogP contribution is -2.29. The number of rotatable bonds is 18. The van der Waals surface area contributed by atoms with Gasteiger partial charge in [-0.25, -0.2) is 0 Å². The zero-order chi connectivity index (χ0) is 53.2. The van der Waals surface area contributed by atoms with Gasteiger partial charge in [0.25, 0.3) is 0 Å². The molecule has 0 unspecified atom stereocenters. The Morgan fingerprint density at radius 1 is 0.290 bits per heavy atom. The summed E-state index contributed by atoms with van der Waals surface area (Å²) >= 11 is 0. The maximum absolute atomic E-state index is 12.3. The van der Waals surface area contributed by atoms with Crippen molar-refractivity contribution in [2.75, 3.05) is 0 Å². The molecule has 0 amide bonds. The summed E-state index contributed by atoms with van der Waals surface area (Å²) in [5.74, 6) is 3.22. The highest BCUT2D eigenvalue weighted by molar-refractivity contribution is 5.60. The monoisotopic (exact) mass is 943 g/mol. The van der Waals surface area contributed by atoms with Crippen molar-refractivity contribution in [2.45, 2.75) is 239 Å². The first-order chi connectivity index (χ1) is 31.2. The molecule has 0 aromatic heterocycles. The maximum Gasteiger partial charge on any atom is 0.123 e. The molecule has 384 valence electrons. The third kappa shape index (κ3) is 10.8. The fourth-order valence-corrected chi connectivity index (χ4v) is 10.0. The van der Waals surface area contributed by atoms with Gasteiger partial charge in [0.15, 0.2) is 0 Å². The van der Waals surface area contributed by atoms with Crippen molar-refractivity contribution in [3.63, 3.8) is 0 Å². The fraction of sp³-hybridized carbons (Fsp3) is 0.636. The molecule has 0 bridgehead atoms. The summed E-state index contributed by atoms with van der Waals surface area (Å²) in [7, 11) is 0. The summed E-state index contributed by atoms with van der Waals surface area (Å²) in [5.41, 5.74) is 16.3. The fourth-order valence-electron chi connectivity index (χ4n) is 10.0. The van der Waals surface area contributed by atoms with Crippen molar-refractivity contribution in [2.24, 2.45) is 35.5 Å². The molecule has 4 aromatic carbocycles. The van der Waals surface area contributed by atoms with Gasteiger partial charge in [0.05, 0.1) is 0 Å². The van der Waals surface area contributed by atoms with Crippen LogP contribution in [-0.4, -0.2) is 15.3 Å². The normalized spacial score (nSPS) is 13.7. The second-order valence-corrected chi connectivity index (χ2v) is 27.2. The summed E-state index contributed by atoms with van der Waals surface area (Å²) < 4.78 is 0. The molecule has 0 fully saturated rings. The van der Waals surface area contributed by atoms with Gasteiger partial charge in [0.2, 0.25) is 0 Å². The van der Waals surface area contributed by atoms with E-state index in [0.717, 1.165) is 52.6 Å². The van der Waals surface area contributed by atoms with Crippen LogP contribution in [0.3, 0.4) is 0 Å². The Morgan fingerprint density at radius 3 is 0.536 bits per heavy atom. The number of phenolic OH excluding ortho intramolecular Hbond substituents is 3. The Bertz CT molecular complexity index is 2070. The molecule has 3 heteroatoms. The molecule has 0 saturated heterocycles. The first kappa shape index (κ1) is 57.9. The van der Waals surface area contributed by atoms with Crippen LogP contribution in [0.2, 0.25) is 0 Å². The topological polar surface area (TPSA) is 60.7 Å². The second kappa shape index (κ2) is 20.1. The molecule has 0 heterocycles. The average molecular weight is 944 g/mol. The van der Waals surface area contributed by atoms with Gasteiger partial charge in [0.1, 0.15) is 17.2 Å². The predicted molar refractivity (Wildman–Crippen MR) is 301 cm³/mol. The third-order valence-electron chi connectivity index (χ3n) is 20.2. The van der Waals surface area contributed by atoms with Crippen LogP contribution in [0.1, 0.15) is 250 Å². The van der Waals surface area contributed by atoms with Crippen LogP contribution in [0.5, 0.6) is 17.2 Å². The van der Waals surface area contributed by atoms with E-state index in [1.54, 1.807) is 0 Å². The number of hydrogen-bond acceptors (Lipinski definition) is 3. The molecule has 0 aliphatic carbocycles. The minimum atomic E-state index is -0.251. The number of hydrogen-bond donors (Lipinski definition) is 3. The number of aromatic hydroxyl groups is 3. The van der Waals surface area contributed by atoms with Gasteiger partial charge in [-0.2, -0.15) is 0 Å². The first-order valence-corrected chi connectivity index (χ1v) is 26.9. The highest BCUT2D eigenvalue weighted by Crippen LogP contribution is 2.49. The van der Waals surface area contributed by atoms with Gasteiger partial charge in [-0.05, 0) is 158 Å². The van der Waals surface area contributed by atoms with Gasteiger partial charge in [-0.1, -0.05) is 203 Å². The summed E-state index contributed by atoms with van der Waals surface area (Å²) in [5, 5.41) is 36.8. The lowest BCUT2D eigenvalue weighted by Gasteiger charge is -2.37. The zero-order valence-corrected chi connectivity index (χ0v) is 49.4. The van der Waals surface area contributed by atoms with Crippen LogP contribution in [0, 0.1) is 56.3 Å². The van der Waals surface area contributed by atoms with Crippen LogP contribution in [0.25, 0.3) is 0 Å². The van der Waals surface area contributed by atoms with Crippen molar-refractivity contribution in [1.82, 2.24) is 0 Å². The SMILES string of the molecule is Cc1c(Cc2cc(C(C)(C)C(C)C)c(O)c(C(C)(C)C(C)C)c2)c(C)c(Cc2cc(C(C)(C)C(C)C)c(O)c(C(C)(C)C(C)C)c2)c(C)c1Cc1cc(C(C)(C)C(C)C)c(O)c(C(C)(C)C(C)C)c1. The van der Waals surface area contributed by atoms with Gasteiger partial charge in [-0.15, -0.1) is 0 Å². The van der Waals surface area contributed by atoms with E-state index in [-0.39, 0.29) is 32.5 Å². The Morgan fingerprint density at radius 2 is 0.420 bits per heavy atom. The van der Waals surface area contributed by atoms with E-state index in [4.69, 9.17) is 0 Å².